The summed E-state index contributed by atoms with van der Waals surface area (Å²) in [5, 5.41) is 9.12. The van der Waals surface area contributed by atoms with Crippen LogP contribution in [0.2, 0.25) is 0 Å². The van der Waals surface area contributed by atoms with Gasteiger partial charge in [-0.2, -0.15) is 0 Å². The maximum absolute atomic E-state index is 13.6. The molecule has 2 aromatic carbocycles. The van der Waals surface area contributed by atoms with Gasteiger partial charge in [0.1, 0.15) is 0 Å². The second-order valence-electron chi connectivity index (χ2n) is 8.55. The summed E-state index contributed by atoms with van der Waals surface area (Å²) in [7, 11) is 0. The van der Waals surface area contributed by atoms with Crippen molar-refractivity contribution in [3.05, 3.63) is 102 Å². The molecule has 0 fully saturated rings. The predicted molar refractivity (Wildman–Crippen MR) is 134 cm³/mol. The molecule has 3 aromatic rings. The van der Waals surface area contributed by atoms with Crippen molar-refractivity contribution in [1.29, 1.82) is 0 Å². The minimum atomic E-state index is -1.01. The highest BCUT2D eigenvalue weighted by Crippen LogP contribution is 2.31. The molecule has 4 rings (SSSR count). The zero-order chi connectivity index (χ0) is 25.3. The molecule has 1 aliphatic rings. The summed E-state index contributed by atoms with van der Waals surface area (Å²) in [6.45, 7) is 7.92. The first-order valence-corrected chi connectivity index (χ1v) is 12.2. The van der Waals surface area contributed by atoms with Crippen LogP contribution in [0.5, 0.6) is 0 Å². The Morgan fingerprint density at radius 2 is 1.80 bits per heavy atom. The molecule has 1 aliphatic heterocycles. The minimum absolute atomic E-state index is 0.170. The molecule has 0 bridgehead atoms. The molecule has 1 aromatic heterocycles. The molecule has 0 spiro atoms. The second kappa shape index (κ2) is 9.84. The van der Waals surface area contributed by atoms with Gasteiger partial charge in [0.25, 0.3) is 5.56 Å². The SMILES string of the molecule is CCOC(=O)C1=C(C)N=c2s/c(=C\c3ccc(C(=O)O)cc3)c(=O)n2[C@H]1c1ccc(C(C)C)cc1. The van der Waals surface area contributed by atoms with Gasteiger partial charge in [-0.05, 0) is 54.7 Å². The predicted octanol–water partition coefficient (Wildman–Crippen LogP) is 3.62. The van der Waals surface area contributed by atoms with Gasteiger partial charge < -0.3 is 9.84 Å². The van der Waals surface area contributed by atoms with Crippen LogP contribution in [0.15, 0.2) is 69.6 Å². The van der Waals surface area contributed by atoms with Crippen LogP contribution in [-0.4, -0.2) is 28.2 Å². The molecule has 1 N–H and O–H groups in total. The van der Waals surface area contributed by atoms with E-state index in [-0.39, 0.29) is 17.7 Å². The van der Waals surface area contributed by atoms with Crippen molar-refractivity contribution in [2.24, 2.45) is 4.99 Å². The van der Waals surface area contributed by atoms with Gasteiger partial charge in [-0.15, -0.1) is 0 Å². The van der Waals surface area contributed by atoms with Gasteiger partial charge in [0, 0.05) is 0 Å². The van der Waals surface area contributed by atoms with Crippen LogP contribution in [0.1, 0.15) is 66.7 Å². The standard InChI is InChI=1S/C27H26N2O5S/c1-5-34-26(33)22-16(4)28-27-29(23(22)19-12-10-18(11-13-19)15(2)3)24(30)21(35-27)14-17-6-8-20(9-7-17)25(31)32/h6-15,23H,5H2,1-4H3,(H,31,32)/b21-14-/t23-/m0/s1. The van der Waals surface area contributed by atoms with Crippen molar-refractivity contribution in [3.8, 4) is 0 Å². The van der Waals surface area contributed by atoms with Crippen LogP contribution >= 0.6 is 11.3 Å². The fourth-order valence-corrected chi connectivity index (χ4v) is 5.09. The number of hydrogen-bond donors (Lipinski definition) is 1. The Balaban J connectivity index is 1.89. The Morgan fingerprint density at radius 3 is 2.37 bits per heavy atom. The van der Waals surface area contributed by atoms with E-state index in [1.807, 2.05) is 24.3 Å². The van der Waals surface area contributed by atoms with E-state index in [1.54, 1.807) is 36.6 Å². The van der Waals surface area contributed by atoms with Gasteiger partial charge in [-0.3, -0.25) is 9.36 Å². The quantitative estimate of drug-likeness (QED) is 0.532. The van der Waals surface area contributed by atoms with E-state index in [4.69, 9.17) is 9.84 Å². The minimum Gasteiger partial charge on any atom is -0.478 e. The molecule has 180 valence electrons. The van der Waals surface area contributed by atoms with E-state index < -0.39 is 18.0 Å². The number of carbonyl (C=O) groups excluding carboxylic acids is 1. The van der Waals surface area contributed by atoms with E-state index in [0.717, 1.165) is 11.1 Å². The third-order valence-electron chi connectivity index (χ3n) is 5.89. The van der Waals surface area contributed by atoms with Crippen LogP contribution in [-0.2, 0) is 9.53 Å². The van der Waals surface area contributed by atoms with Crippen LogP contribution in [0.4, 0.5) is 0 Å². The molecule has 7 nitrogen and oxygen atoms in total. The number of aromatic nitrogens is 1. The molecule has 2 heterocycles. The lowest BCUT2D eigenvalue weighted by atomic mass is 9.93. The first kappa shape index (κ1) is 24.3. The number of nitrogens with zero attached hydrogens (tertiary/aromatic N) is 2. The summed E-state index contributed by atoms with van der Waals surface area (Å²) in [6, 6.07) is 13.5. The fourth-order valence-electron chi connectivity index (χ4n) is 4.04. The Bertz CT molecular complexity index is 1490. The van der Waals surface area contributed by atoms with Crippen LogP contribution in [0.25, 0.3) is 6.08 Å². The molecule has 0 saturated heterocycles. The molecule has 0 aliphatic carbocycles. The smallest absolute Gasteiger partial charge is 0.338 e. The lowest BCUT2D eigenvalue weighted by Crippen LogP contribution is -2.39. The number of benzene rings is 2. The highest BCUT2D eigenvalue weighted by atomic mass is 32.1. The molecule has 1 atom stereocenters. The Morgan fingerprint density at radius 1 is 1.14 bits per heavy atom. The van der Waals surface area contributed by atoms with Crippen LogP contribution in [0.3, 0.4) is 0 Å². The number of hydrogen-bond acceptors (Lipinski definition) is 6. The molecular weight excluding hydrogens is 464 g/mol. The summed E-state index contributed by atoms with van der Waals surface area (Å²) in [5.41, 5.74) is 3.40. The molecular formula is C27H26N2O5S. The monoisotopic (exact) mass is 490 g/mol. The third-order valence-corrected chi connectivity index (χ3v) is 6.87. The number of carboxylic acids is 1. The zero-order valence-electron chi connectivity index (χ0n) is 19.9. The number of carboxylic acid groups (broad SMARTS) is 1. The topological polar surface area (TPSA) is 98.0 Å². The van der Waals surface area contributed by atoms with Crippen LogP contribution in [0, 0.1) is 0 Å². The lowest BCUT2D eigenvalue weighted by molar-refractivity contribution is -0.139. The second-order valence-corrected chi connectivity index (χ2v) is 9.56. The van der Waals surface area contributed by atoms with Gasteiger partial charge >= 0.3 is 11.9 Å². The average Bonchev–Trinajstić information content (AvgIpc) is 3.13. The summed E-state index contributed by atoms with van der Waals surface area (Å²) in [5.74, 6) is -1.16. The fraction of sp³-hybridized carbons (Fsp3) is 0.259. The zero-order valence-corrected chi connectivity index (χ0v) is 20.8. The normalized spacial score (nSPS) is 15.7. The van der Waals surface area contributed by atoms with Gasteiger partial charge in [0.15, 0.2) is 4.80 Å². The molecule has 0 unspecified atom stereocenters. The molecule has 0 saturated carbocycles. The number of rotatable bonds is 6. The van der Waals surface area contributed by atoms with Crippen molar-refractivity contribution in [2.45, 2.75) is 39.7 Å². The maximum atomic E-state index is 13.6. The Kier molecular flexibility index (Phi) is 6.84. The lowest BCUT2D eigenvalue weighted by Gasteiger charge is -2.25. The van der Waals surface area contributed by atoms with Crippen molar-refractivity contribution >= 4 is 29.4 Å². The molecule has 35 heavy (non-hydrogen) atoms. The average molecular weight is 491 g/mol. The van der Waals surface area contributed by atoms with E-state index in [1.165, 1.54) is 23.5 Å². The number of ether oxygens (including phenoxy) is 1. The van der Waals surface area contributed by atoms with E-state index in [0.29, 0.717) is 32.1 Å². The Hall–Kier alpha value is -3.78. The number of allylic oxidation sites excluding steroid dienone is 1. The first-order valence-electron chi connectivity index (χ1n) is 11.3. The van der Waals surface area contributed by atoms with Crippen molar-refractivity contribution in [3.63, 3.8) is 0 Å². The van der Waals surface area contributed by atoms with Gasteiger partial charge in [-0.25, -0.2) is 14.6 Å². The summed E-state index contributed by atoms with van der Waals surface area (Å²) >= 11 is 1.23. The van der Waals surface area contributed by atoms with E-state index in [2.05, 4.69) is 18.8 Å². The van der Waals surface area contributed by atoms with E-state index in [9.17, 15) is 14.4 Å². The van der Waals surface area contributed by atoms with Gasteiger partial charge in [-0.1, -0.05) is 61.6 Å². The number of aromatic carboxylic acids is 1. The summed E-state index contributed by atoms with van der Waals surface area (Å²) < 4.78 is 7.31. The highest BCUT2D eigenvalue weighted by molar-refractivity contribution is 7.07. The third kappa shape index (κ3) is 4.74. The van der Waals surface area contributed by atoms with Crippen molar-refractivity contribution < 1.29 is 19.4 Å². The maximum Gasteiger partial charge on any atom is 0.338 e. The van der Waals surface area contributed by atoms with Gasteiger partial charge in [0.2, 0.25) is 0 Å². The Labute approximate surface area is 206 Å². The van der Waals surface area contributed by atoms with Crippen molar-refractivity contribution in [2.75, 3.05) is 6.61 Å². The van der Waals surface area contributed by atoms with Gasteiger partial charge in [0.05, 0.1) is 34.0 Å². The van der Waals surface area contributed by atoms with E-state index >= 15 is 0 Å². The summed E-state index contributed by atoms with van der Waals surface area (Å²) in [4.78, 5) is 42.8. The molecule has 0 radical (unpaired) electrons. The summed E-state index contributed by atoms with van der Waals surface area (Å²) in [6.07, 6.45) is 1.71. The number of carbonyl (C=O) groups is 2. The van der Waals surface area contributed by atoms with Crippen molar-refractivity contribution in [1.82, 2.24) is 4.57 Å². The molecule has 0 amide bonds. The largest absolute Gasteiger partial charge is 0.478 e. The first-order chi connectivity index (χ1) is 16.7. The number of esters is 1. The molecule has 8 heteroatoms. The number of thiazole rings is 1. The number of fused-ring (bicyclic) bond motifs is 1. The van der Waals surface area contributed by atoms with Crippen LogP contribution < -0.4 is 14.9 Å². The highest BCUT2D eigenvalue weighted by Gasteiger charge is 2.33.